The van der Waals surface area contributed by atoms with E-state index in [1.807, 2.05) is 64.1 Å². The van der Waals surface area contributed by atoms with Gasteiger partial charge in [0, 0.05) is 71.4 Å². The Bertz CT molecular complexity index is 1320. The molecule has 0 unspecified atom stereocenters. The predicted molar refractivity (Wildman–Crippen MR) is 185 cm³/mol. The molecule has 4 rings (SSSR count). The number of cyclic esters (lactones) is 1. The highest BCUT2D eigenvalue weighted by molar-refractivity contribution is 5.73. The topological polar surface area (TPSA) is 103 Å². The number of rotatable bonds is 6. The second kappa shape index (κ2) is 17.3. The summed E-state index contributed by atoms with van der Waals surface area (Å²) in [5.74, 6) is -0.728. The van der Waals surface area contributed by atoms with Gasteiger partial charge in [0.25, 0.3) is 0 Å². The van der Waals surface area contributed by atoms with Gasteiger partial charge in [-0.15, -0.1) is 0 Å². The van der Waals surface area contributed by atoms with Gasteiger partial charge in [-0.3, -0.25) is 9.59 Å². The summed E-state index contributed by atoms with van der Waals surface area (Å²) in [5, 5.41) is 10.7. The van der Waals surface area contributed by atoms with Crippen molar-refractivity contribution >= 4 is 29.7 Å². The molecule has 1 aromatic rings. The number of aliphatic hydroxyl groups excluding tert-OH is 1. The maximum Gasteiger partial charge on any atom is 0.410 e. The van der Waals surface area contributed by atoms with E-state index in [1.54, 1.807) is 11.8 Å². The highest BCUT2D eigenvalue weighted by Crippen LogP contribution is 2.28. The number of likely N-dealkylation sites (tertiary alicyclic amines) is 1. The number of carbonyl (C=O) groups is 3. The first-order chi connectivity index (χ1) is 22.8. The van der Waals surface area contributed by atoms with Crippen molar-refractivity contribution in [2.45, 2.75) is 78.1 Å². The fraction of sp³-hybridized carbons (Fsp3) is 0.649. The molecule has 1 N–H and O–H groups in total. The van der Waals surface area contributed by atoms with Gasteiger partial charge in [-0.2, -0.15) is 0 Å². The Kier molecular flexibility index (Phi) is 13.5. The molecule has 3 aliphatic heterocycles. The molecule has 2 saturated heterocycles. The van der Waals surface area contributed by atoms with E-state index in [2.05, 4.69) is 9.80 Å². The maximum atomic E-state index is 14.9. The number of likely N-dealkylation sites (N-methyl/N-ethyl adjacent to an activating group) is 1. The van der Waals surface area contributed by atoms with E-state index in [9.17, 15) is 23.9 Å². The van der Waals surface area contributed by atoms with Crippen LogP contribution in [0.25, 0.3) is 6.08 Å². The third-order valence-electron chi connectivity index (χ3n) is 10.0. The second-order valence-corrected chi connectivity index (χ2v) is 14.2. The molecule has 0 aromatic heterocycles. The normalized spacial score (nSPS) is 27.8. The van der Waals surface area contributed by atoms with Crippen LogP contribution in [0, 0.1) is 23.6 Å². The minimum absolute atomic E-state index is 0.0746. The molecule has 3 heterocycles. The molecule has 2 fully saturated rings. The number of carbonyl (C=O) groups excluding carboxylic acids is 3. The summed E-state index contributed by atoms with van der Waals surface area (Å²) in [4.78, 5) is 45.6. The summed E-state index contributed by atoms with van der Waals surface area (Å²) in [6.45, 7) is 12.4. The highest BCUT2D eigenvalue weighted by Gasteiger charge is 2.29. The van der Waals surface area contributed by atoms with Gasteiger partial charge in [0.1, 0.15) is 18.0 Å². The molecule has 0 radical (unpaired) electrons. The van der Waals surface area contributed by atoms with E-state index >= 15 is 0 Å². The Morgan fingerprint density at radius 2 is 1.69 bits per heavy atom. The summed E-state index contributed by atoms with van der Waals surface area (Å²) in [5.41, 5.74) is 2.11. The number of piperidine rings is 1. The van der Waals surface area contributed by atoms with Crippen molar-refractivity contribution in [2.24, 2.45) is 17.8 Å². The van der Waals surface area contributed by atoms with Gasteiger partial charge in [0.2, 0.25) is 5.91 Å². The quantitative estimate of drug-likeness (QED) is 0.335. The van der Waals surface area contributed by atoms with Gasteiger partial charge in [-0.05, 0) is 86.9 Å². The number of benzene rings is 1. The van der Waals surface area contributed by atoms with Crippen molar-refractivity contribution in [1.82, 2.24) is 14.7 Å². The summed E-state index contributed by atoms with van der Waals surface area (Å²) < 4.78 is 26.9. The van der Waals surface area contributed by atoms with Gasteiger partial charge in [-0.25, -0.2) is 9.18 Å². The standard InChI is InChI=1S/C37H55FN4O6/c1-25-7-9-33(44)23-35(45)48-36(26(2)8-10-34(25)47-37(46)42-17-15-39(5)16-18-42)27(3)19-30-20-31(38)22-32(21-30)40(6)24-29-11-13-41(14-12-29)28(4)43/h8,10,19-22,25-26,29,33-34,36,44H,7,9,11-18,23-24H2,1-6H3/b10-8+,27-19+/t25-,26-,33+,34-,36-/m0/s1. The number of nitrogens with zero attached hydrogens (tertiary/aromatic N) is 4. The van der Waals surface area contributed by atoms with Crippen molar-refractivity contribution in [1.29, 1.82) is 0 Å². The zero-order chi connectivity index (χ0) is 35.0. The molecule has 11 heteroatoms. The molecule has 0 bridgehead atoms. The summed E-state index contributed by atoms with van der Waals surface area (Å²) in [6, 6.07) is 4.91. The molecule has 3 aliphatic rings. The number of halogens is 1. The number of hydrogen-bond acceptors (Lipinski definition) is 8. The van der Waals surface area contributed by atoms with Crippen LogP contribution in [-0.2, 0) is 19.1 Å². The Balaban J connectivity index is 1.51. The number of piperazine rings is 1. The molecule has 0 saturated carbocycles. The zero-order valence-electron chi connectivity index (χ0n) is 29.6. The number of aliphatic hydroxyl groups is 1. The van der Waals surface area contributed by atoms with E-state index in [0.717, 1.165) is 56.8 Å². The molecular formula is C37H55FN4O6. The second-order valence-electron chi connectivity index (χ2n) is 14.2. The van der Waals surface area contributed by atoms with Crippen LogP contribution in [0.15, 0.2) is 35.9 Å². The van der Waals surface area contributed by atoms with Crippen LogP contribution in [0.1, 0.15) is 65.4 Å². The molecule has 10 nitrogen and oxygen atoms in total. The average Bonchev–Trinajstić information content (AvgIpc) is 3.03. The van der Waals surface area contributed by atoms with E-state index in [0.29, 0.717) is 37.4 Å². The molecule has 266 valence electrons. The van der Waals surface area contributed by atoms with Crippen LogP contribution in [0.5, 0.6) is 0 Å². The lowest BCUT2D eigenvalue weighted by Gasteiger charge is -2.34. The summed E-state index contributed by atoms with van der Waals surface area (Å²) in [6.07, 6.45) is 5.84. The molecule has 48 heavy (non-hydrogen) atoms. The number of hydrogen-bond donors (Lipinski definition) is 1. The number of esters is 1. The Morgan fingerprint density at radius 3 is 2.35 bits per heavy atom. The highest BCUT2D eigenvalue weighted by atomic mass is 19.1. The summed E-state index contributed by atoms with van der Waals surface area (Å²) >= 11 is 0. The van der Waals surface area contributed by atoms with Gasteiger partial charge in [0.15, 0.2) is 0 Å². The van der Waals surface area contributed by atoms with Crippen molar-refractivity contribution < 1.29 is 33.4 Å². The Morgan fingerprint density at radius 1 is 1.00 bits per heavy atom. The van der Waals surface area contributed by atoms with Crippen LogP contribution in [0.2, 0.25) is 0 Å². The minimum atomic E-state index is -0.881. The fourth-order valence-electron chi connectivity index (χ4n) is 6.80. The van der Waals surface area contributed by atoms with Gasteiger partial charge in [0.05, 0.1) is 12.5 Å². The molecule has 2 amide bonds. The molecule has 1 aromatic carbocycles. The lowest BCUT2D eigenvalue weighted by molar-refractivity contribution is -0.151. The van der Waals surface area contributed by atoms with E-state index < -0.39 is 24.3 Å². The lowest BCUT2D eigenvalue weighted by Crippen LogP contribution is -2.48. The smallest absolute Gasteiger partial charge is 0.410 e. The molecule has 5 atom stereocenters. The van der Waals surface area contributed by atoms with Crippen LogP contribution in [-0.4, -0.2) is 116 Å². The number of ether oxygens (including phenoxy) is 2. The predicted octanol–water partition coefficient (Wildman–Crippen LogP) is 4.96. The fourth-order valence-corrected chi connectivity index (χ4v) is 6.80. The van der Waals surface area contributed by atoms with E-state index in [1.165, 1.54) is 12.1 Å². The monoisotopic (exact) mass is 670 g/mol. The van der Waals surface area contributed by atoms with Crippen molar-refractivity contribution in [3.8, 4) is 0 Å². The van der Waals surface area contributed by atoms with Crippen molar-refractivity contribution in [3.05, 3.63) is 47.3 Å². The van der Waals surface area contributed by atoms with E-state index in [-0.39, 0.29) is 36.1 Å². The van der Waals surface area contributed by atoms with Crippen molar-refractivity contribution in [3.63, 3.8) is 0 Å². The first-order valence-corrected chi connectivity index (χ1v) is 17.4. The lowest BCUT2D eigenvalue weighted by atomic mass is 9.91. The minimum Gasteiger partial charge on any atom is -0.457 e. The largest absolute Gasteiger partial charge is 0.457 e. The third-order valence-corrected chi connectivity index (χ3v) is 10.0. The first kappa shape index (κ1) is 37.4. The maximum absolute atomic E-state index is 14.9. The SMILES string of the molecule is CC(=O)N1CCC(CN(C)c2cc(F)cc(/C=C(\C)[C@H]3OC(=O)C[C@H](O)CC[C@H](C)[C@@H](OC(=O)N4CCN(C)CC4)/C=C/[C@@H]3C)c2)CC1. The molecule has 0 aliphatic carbocycles. The van der Waals surface area contributed by atoms with Crippen LogP contribution >= 0.6 is 0 Å². The molecular weight excluding hydrogens is 615 g/mol. The Labute approximate surface area is 285 Å². The van der Waals surface area contributed by atoms with Crippen molar-refractivity contribution in [2.75, 3.05) is 64.8 Å². The van der Waals surface area contributed by atoms with Gasteiger partial charge >= 0.3 is 12.1 Å². The average molecular weight is 671 g/mol. The van der Waals surface area contributed by atoms with Gasteiger partial charge in [-0.1, -0.05) is 26.0 Å². The van der Waals surface area contributed by atoms with Crippen LogP contribution < -0.4 is 4.90 Å². The third kappa shape index (κ3) is 10.8. The van der Waals surface area contributed by atoms with Gasteiger partial charge < -0.3 is 34.2 Å². The molecule has 0 spiro atoms. The van der Waals surface area contributed by atoms with Crippen LogP contribution in [0.4, 0.5) is 14.9 Å². The number of amides is 2. The summed E-state index contributed by atoms with van der Waals surface area (Å²) in [7, 11) is 3.98. The van der Waals surface area contributed by atoms with Crippen LogP contribution in [0.3, 0.4) is 0 Å². The Hall–Kier alpha value is -3.44. The number of anilines is 1. The first-order valence-electron chi connectivity index (χ1n) is 17.4. The zero-order valence-corrected chi connectivity index (χ0v) is 29.6. The van der Waals surface area contributed by atoms with E-state index in [4.69, 9.17) is 9.47 Å².